The molecular formula is C23H23NO3S. The van der Waals surface area contributed by atoms with Gasteiger partial charge >= 0.3 is 5.97 Å². The molecule has 1 aromatic heterocycles. The van der Waals surface area contributed by atoms with Crippen LogP contribution in [0.15, 0.2) is 71.4 Å². The van der Waals surface area contributed by atoms with Gasteiger partial charge in [-0.3, -0.25) is 9.69 Å². The van der Waals surface area contributed by atoms with Crippen LogP contribution in [-0.2, 0) is 11.4 Å². The molecular weight excluding hydrogens is 370 g/mol. The molecule has 4 nitrogen and oxygen atoms in total. The van der Waals surface area contributed by atoms with Crippen LogP contribution < -0.4 is 4.74 Å². The molecule has 1 aliphatic rings. The quantitative estimate of drug-likeness (QED) is 0.616. The van der Waals surface area contributed by atoms with E-state index in [4.69, 9.17) is 4.74 Å². The second-order valence-electron chi connectivity index (χ2n) is 7.04. The lowest BCUT2D eigenvalue weighted by Crippen LogP contribution is -2.39. The van der Waals surface area contributed by atoms with Crippen LogP contribution >= 0.6 is 11.3 Å². The number of aliphatic carboxylic acids is 1. The summed E-state index contributed by atoms with van der Waals surface area (Å²) in [4.78, 5) is 13.9. The monoisotopic (exact) mass is 393 g/mol. The van der Waals surface area contributed by atoms with E-state index in [2.05, 4.69) is 22.4 Å². The average Bonchev–Trinajstić information content (AvgIpc) is 3.41. The molecule has 0 radical (unpaired) electrons. The Morgan fingerprint density at radius 3 is 2.75 bits per heavy atom. The molecule has 2 unspecified atom stereocenters. The predicted molar refractivity (Wildman–Crippen MR) is 111 cm³/mol. The van der Waals surface area contributed by atoms with Gasteiger partial charge in [0.25, 0.3) is 0 Å². The molecule has 0 spiro atoms. The first-order valence-electron chi connectivity index (χ1n) is 9.50. The molecule has 1 N–H and O–H groups in total. The van der Waals surface area contributed by atoms with Crippen LogP contribution in [0.3, 0.4) is 0 Å². The summed E-state index contributed by atoms with van der Waals surface area (Å²) in [7, 11) is 0. The number of carboxylic acid groups (broad SMARTS) is 1. The van der Waals surface area contributed by atoms with Crippen LogP contribution in [0.2, 0.25) is 0 Å². The maximum atomic E-state index is 11.8. The molecule has 4 rings (SSSR count). The Balaban J connectivity index is 1.61. The predicted octanol–water partition coefficient (Wildman–Crippen LogP) is 4.97. The lowest BCUT2D eigenvalue weighted by molar-refractivity contribution is -0.142. The van der Waals surface area contributed by atoms with Crippen molar-refractivity contribution in [3.05, 3.63) is 88.1 Å². The van der Waals surface area contributed by atoms with Gasteiger partial charge in [0.2, 0.25) is 0 Å². The third kappa shape index (κ3) is 4.11. The first-order chi connectivity index (χ1) is 13.7. The number of hydrogen-bond donors (Lipinski definition) is 1. The highest BCUT2D eigenvalue weighted by Crippen LogP contribution is 2.37. The van der Waals surface area contributed by atoms with Crippen molar-refractivity contribution in [2.75, 3.05) is 6.54 Å². The Labute approximate surface area is 169 Å². The zero-order valence-corrected chi connectivity index (χ0v) is 16.3. The first kappa shape index (κ1) is 18.7. The summed E-state index contributed by atoms with van der Waals surface area (Å²) in [6.45, 7) is 1.29. The van der Waals surface area contributed by atoms with Crippen LogP contribution in [0.5, 0.6) is 5.75 Å². The molecule has 1 saturated heterocycles. The number of benzene rings is 2. The van der Waals surface area contributed by atoms with Crippen molar-refractivity contribution in [1.82, 2.24) is 4.90 Å². The Bertz CT molecular complexity index is 911. The lowest BCUT2D eigenvalue weighted by Gasteiger charge is -2.31. The summed E-state index contributed by atoms with van der Waals surface area (Å²) in [5.74, 6) is 0.0573. The molecule has 3 aromatic rings. The minimum atomic E-state index is -0.741. The fraction of sp³-hybridized carbons (Fsp3) is 0.261. The third-order valence-corrected chi connectivity index (χ3v) is 5.89. The molecule has 144 valence electrons. The Morgan fingerprint density at radius 1 is 1.14 bits per heavy atom. The van der Waals surface area contributed by atoms with Gasteiger partial charge in [-0.15, -0.1) is 0 Å². The SMILES string of the molecule is O=C(O)C1CCCN1C(c1ccsc1)c1cccc(OCc2ccccc2)c1. The topological polar surface area (TPSA) is 49.8 Å². The minimum Gasteiger partial charge on any atom is -0.489 e. The molecule has 2 aromatic carbocycles. The van der Waals surface area contributed by atoms with Gasteiger partial charge in [0.05, 0.1) is 6.04 Å². The maximum absolute atomic E-state index is 11.8. The second kappa shape index (κ2) is 8.59. The number of ether oxygens (including phenoxy) is 1. The number of nitrogens with zero attached hydrogens (tertiary/aromatic N) is 1. The molecule has 1 aliphatic heterocycles. The van der Waals surface area contributed by atoms with Crippen molar-refractivity contribution >= 4 is 17.3 Å². The zero-order valence-electron chi connectivity index (χ0n) is 15.5. The Hall–Kier alpha value is -2.63. The van der Waals surface area contributed by atoms with Crippen LogP contribution in [0.25, 0.3) is 0 Å². The zero-order chi connectivity index (χ0) is 19.3. The molecule has 2 atom stereocenters. The van der Waals surface area contributed by atoms with E-state index >= 15 is 0 Å². The van der Waals surface area contributed by atoms with E-state index < -0.39 is 12.0 Å². The van der Waals surface area contributed by atoms with Gasteiger partial charge in [-0.1, -0.05) is 42.5 Å². The van der Waals surface area contributed by atoms with Crippen LogP contribution in [0.1, 0.15) is 35.6 Å². The third-order valence-electron chi connectivity index (χ3n) is 5.19. The summed E-state index contributed by atoms with van der Waals surface area (Å²) < 4.78 is 6.00. The Morgan fingerprint density at radius 2 is 2.00 bits per heavy atom. The number of thiophene rings is 1. The summed E-state index contributed by atoms with van der Waals surface area (Å²) in [6.07, 6.45) is 1.60. The molecule has 28 heavy (non-hydrogen) atoms. The summed E-state index contributed by atoms with van der Waals surface area (Å²) in [5.41, 5.74) is 3.32. The number of carboxylic acids is 1. The Kier molecular flexibility index (Phi) is 5.74. The van der Waals surface area contributed by atoms with Crippen molar-refractivity contribution in [2.24, 2.45) is 0 Å². The molecule has 0 aliphatic carbocycles. The average molecular weight is 394 g/mol. The van der Waals surface area contributed by atoms with E-state index in [0.29, 0.717) is 13.0 Å². The summed E-state index contributed by atoms with van der Waals surface area (Å²) in [5, 5.41) is 13.8. The van der Waals surface area contributed by atoms with Crippen molar-refractivity contribution < 1.29 is 14.6 Å². The van der Waals surface area contributed by atoms with Gasteiger partial charge < -0.3 is 9.84 Å². The number of likely N-dealkylation sites (tertiary alicyclic amines) is 1. The van der Waals surface area contributed by atoms with Crippen LogP contribution in [0, 0.1) is 0 Å². The largest absolute Gasteiger partial charge is 0.489 e. The van der Waals surface area contributed by atoms with Gasteiger partial charge in [-0.05, 0) is 58.5 Å². The van der Waals surface area contributed by atoms with E-state index in [1.54, 1.807) is 11.3 Å². The van der Waals surface area contributed by atoms with Crippen molar-refractivity contribution in [1.29, 1.82) is 0 Å². The van der Waals surface area contributed by atoms with Gasteiger partial charge in [0.1, 0.15) is 18.4 Å². The van der Waals surface area contributed by atoms with Gasteiger partial charge in [0, 0.05) is 6.54 Å². The fourth-order valence-electron chi connectivity index (χ4n) is 3.88. The van der Waals surface area contributed by atoms with Crippen molar-refractivity contribution in [3.63, 3.8) is 0 Å². The van der Waals surface area contributed by atoms with Crippen LogP contribution in [0.4, 0.5) is 0 Å². The number of carbonyl (C=O) groups is 1. The maximum Gasteiger partial charge on any atom is 0.320 e. The number of hydrogen-bond acceptors (Lipinski definition) is 4. The van der Waals surface area contributed by atoms with Gasteiger partial charge in [-0.2, -0.15) is 11.3 Å². The van der Waals surface area contributed by atoms with E-state index in [9.17, 15) is 9.90 Å². The highest BCUT2D eigenvalue weighted by atomic mass is 32.1. The number of rotatable bonds is 7. The van der Waals surface area contributed by atoms with E-state index in [0.717, 1.165) is 35.4 Å². The molecule has 0 saturated carbocycles. The highest BCUT2D eigenvalue weighted by molar-refractivity contribution is 7.08. The van der Waals surface area contributed by atoms with Crippen molar-refractivity contribution in [3.8, 4) is 5.75 Å². The van der Waals surface area contributed by atoms with E-state index in [1.807, 2.05) is 53.9 Å². The van der Waals surface area contributed by atoms with E-state index in [-0.39, 0.29) is 6.04 Å². The normalized spacial score (nSPS) is 18.1. The first-order valence-corrected chi connectivity index (χ1v) is 10.4. The van der Waals surface area contributed by atoms with Crippen molar-refractivity contribution in [2.45, 2.75) is 31.5 Å². The highest BCUT2D eigenvalue weighted by Gasteiger charge is 2.37. The molecule has 0 bridgehead atoms. The minimum absolute atomic E-state index is 0.0740. The van der Waals surface area contributed by atoms with Crippen LogP contribution in [-0.4, -0.2) is 28.6 Å². The molecule has 0 amide bonds. The summed E-state index contributed by atoms with van der Waals surface area (Å²) >= 11 is 1.64. The molecule has 5 heteroatoms. The van der Waals surface area contributed by atoms with E-state index in [1.165, 1.54) is 0 Å². The smallest absolute Gasteiger partial charge is 0.320 e. The molecule has 2 heterocycles. The molecule has 1 fully saturated rings. The fourth-order valence-corrected chi connectivity index (χ4v) is 4.56. The second-order valence-corrected chi connectivity index (χ2v) is 7.82. The van der Waals surface area contributed by atoms with Gasteiger partial charge in [-0.25, -0.2) is 0 Å². The lowest BCUT2D eigenvalue weighted by atomic mass is 9.98. The summed E-state index contributed by atoms with van der Waals surface area (Å²) in [6, 6.07) is 19.7. The van der Waals surface area contributed by atoms with Gasteiger partial charge in [0.15, 0.2) is 0 Å². The standard InChI is InChI=1S/C23H23NO3S/c25-23(26)21-10-5-12-24(21)22(19-11-13-28-16-19)18-8-4-9-20(14-18)27-15-17-6-2-1-3-7-17/h1-4,6-9,11,13-14,16,21-22H,5,10,12,15H2,(H,25,26).